The maximum absolute atomic E-state index is 13.8. The lowest BCUT2D eigenvalue weighted by atomic mass is 9.93. The fourth-order valence-corrected chi connectivity index (χ4v) is 4.72. The molecule has 29 heavy (non-hydrogen) atoms. The van der Waals surface area contributed by atoms with Crippen LogP contribution in [0.15, 0.2) is 30.5 Å². The summed E-state index contributed by atoms with van der Waals surface area (Å²) in [6, 6.07) is 4.82. The summed E-state index contributed by atoms with van der Waals surface area (Å²) >= 11 is 6.25. The zero-order valence-corrected chi connectivity index (χ0v) is 16.8. The van der Waals surface area contributed by atoms with E-state index in [9.17, 15) is 22.0 Å². The largest absolute Gasteiger partial charge is 0.345 e. The van der Waals surface area contributed by atoms with Crippen LogP contribution in [0.3, 0.4) is 0 Å². The highest BCUT2D eigenvalue weighted by atomic mass is 35.5. The van der Waals surface area contributed by atoms with E-state index in [1.165, 1.54) is 25.2 Å². The van der Waals surface area contributed by atoms with Crippen molar-refractivity contribution in [3.8, 4) is 0 Å². The van der Waals surface area contributed by atoms with Crippen LogP contribution >= 0.6 is 11.6 Å². The van der Waals surface area contributed by atoms with Crippen LogP contribution < -0.4 is 10.6 Å². The predicted molar refractivity (Wildman–Crippen MR) is 103 cm³/mol. The Morgan fingerprint density at radius 2 is 2.07 bits per heavy atom. The Morgan fingerprint density at radius 1 is 1.38 bits per heavy atom. The van der Waals surface area contributed by atoms with Gasteiger partial charge in [0.05, 0.1) is 17.5 Å². The third-order valence-electron chi connectivity index (χ3n) is 4.44. The molecule has 0 bridgehead atoms. The van der Waals surface area contributed by atoms with Crippen molar-refractivity contribution in [3.63, 3.8) is 0 Å². The van der Waals surface area contributed by atoms with Crippen molar-refractivity contribution in [3.05, 3.63) is 58.4 Å². The van der Waals surface area contributed by atoms with Gasteiger partial charge in [-0.25, -0.2) is 26.5 Å². The number of anilines is 1. The number of pyridine rings is 1. The van der Waals surface area contributed by atoms with Crippen molar-refractivity contribution in [1.82, 2.24) is 14.6 Å². The second kappa shape index (κ2) is 7.23. The number of carbonyl (C=O) groups excluding carboxylic acids is 1. The summed E-state index contributed by atoms with van der Waals surface area (Å²) in [6.45, 7) is 1.56. The maximum atomic E-state index is 13.8. The lowest BCUT2D eigenvalue weighted by Gasteiger charge is -2.40. The number of guanidine groups is 1. The van der Waals surface area contributed by atoms with Crippen molar-refractivity contribution >= 4 is 39.2 Å². The molecular weight excluding hydrogens is 428 g/mol. The van der Waals surface area contributed by atoms with Gasteiger partial charge in [-0.05, 0) is 30.7 Å². The average molecular weight is 444 g/mol. The monoisotopic (exact) mass is 443 g/mol. The number of nitrogens with one attached hydrogen (secondary N) is 3. The molecule has 8 nitrogen and oxygen atoms in total. The van der Waals surface area contributed by atoms with Gasteiger partial charge in [-0.3, -0.25) is 10.2 Å². The predicted octanol–water partition coefficient (Wildman–Crippen LogP) is 2.28. The summed E-state index contributed by atoms with van der Waals surface area (Å²) < 4.78 is 52.3. The molecular formula is C17H16ClF2N5O3S. The van der Waals surface area contributed by atoms with E-state index < -0.39 is 38.8 Å². The molecule has 12 heteroatoms. The molecule has 0 unspecified atom stereocenters. The Balaban J connectivity index is 1.94. The van der Waals surface area contributed by atoms with Gasteiger partial charge in [0.25, 0.3) is 5.91 Å². The highest BCUT2D eigenvalue weighted by molar-refractivity contribution is 7.89. The van der Waals surface area contributed by atoms with Gasteiger partial charge < -0.3 is 10.6 Å². The zero-order valence-electron chi connectivity index (χ0n) is 15.3. The van der Waals surface area contributed by atoms with Gasteiger partial charge in [0.2, 0.25) is 16.0 Å². The minimum Gasteiger partial charge on any atom is -0.345 e. The number of aromatic nitrogens is 1. The molecule has 1 aromatic carbocycles. The number of benzene rings is 1. The van der Waals surface area contributed by atoms with Crippen molar-refractivity contribution in [1.29, 1.82) is 5.41 Å². The lowest BCUT2D eigenvalue weighted by molar-refractivity contribution is 0.101. The summed E-state index contributed by atoms with van der Waals surface area (Å²) in [5.41, 5.74) is -1.35. The molecule has 1 aromatic heterocycles. The molecule has 0 saturated carbocycles. The minimum atomic E-state index is -3.77. The van der Waals surface area contributed by atoms with Crippen molar-refractivity contribution in [2.45, 2.75) is 12.5 Å². The van der Waals surface area contributed by atoms with E-state index in [4.69, 9.17) is 17.0 Å². The fourth-order valence-electron chi connectivity index (χ4n) is 2.92. The molecule has 1 fully saturated rings. The van der Waals surface area contributed by atoms with Gasteiger partial charge in [0.15, 0.2) is 11.5 Å². The van der Waals surface area contributed by atoms with Crippen molar-refractivity contribution < 1.29 is 22.0 Å². The van der Waals surface area contributed by atoms with Gasteiger partial charge >= 0.3 is 0 Å². The second-order valence-corrected chi connectivity index (χ2v) is 9.07. The van der Waals surface area contributed by atoms with Gasteiger partial charge in [-0.2, -0.15) is 0 Å². The lowest BCUT2D eigenvalue weighted by Crippen LogP contribution is -2.60. The van der Waals surface area contributed by atoms with Crippen LogP contribution in [0, 0.1) is 17.0 Å². The first-order valence-electron chi connectivity index (χ1n) is 8.19. The normalized spacial score (nSPS) is 20.9. The first kappa shape index (κ1) is 20.9. The molecule has 1 atom stereocenters. The fraction of sp³-hybridized carbons (Fsp3) is 0.235. The number of sulfonamides is 1. The molecule has 2 aromatic rings. The topological polar surface area (TPSA) is 115 Å². The number of amides is 1. The van der Waals surface area contributed by atoms with Crippen LogP contribution in [-0.4, -0.2) is 42.4 Å². The quantitative estimate of drug-likeness (QED) is 0.673. The van der Waals surface area contributed by atoms with Crippen molar-refractivity contribution in [2.75, 3.05) is 18.1 Å². The third-order valence-corrected chi connectivity index (χ3v) is 6.73. The first-order valence-corrected chi connectivity index (χ1v) is 10.2. The highest BCUT2D eigenvalue weighted by Crippen LogP contribution is 2.34. The van der Waals surface area contributed by atoms with Gasteiger partial charge in [0.1, 0.15) is 5.82 Å². The van der Waals surface area contributed by atoms with Crippen LogP contribution in [0.25, 0.3) is 0 Å². The third kappa shape index (κ3) is 4.01. The summed E-state index contributed by atoms with van der Waals surface area (Å²) in [4.78, 5) is 15.7. The Morgan fingerprint density at radius 3 is 2.69 bits per heavy atom. The molecule has 0 radical (unpaired) electrons. The number of halogens is 3. The van der Waals surface area contributed by atoms with E-state index >= 15 is 0 Å². The van der Waals surface area contributed by atoms with Gasteiger partial charge in [-0.1, -0.05) is 11.6 Å². The van der Waals surface area contributed by atoms with E-state index in [-0.39, 0.29) is 22.4 Å². The number of carbonyl (C=O) groups is 1. The smallest absolute Gasteiger partial charge is 0.277 e. The van der Waals surface area contributed by atoms with Crippen LogP contribution in [0.5, 0.6) is 0 Å². The Hall–Kier alpha value is -2.79. The molecule has 3 rings (SSSR count). The summed E-state index contributed by atoms with van der Waals surface area (Å²) in [5.74, 6) is -3.68. The molecule has 0 aliphatic carbocycles. The average Bonchev–Trinajstić information content (AvgIpc) is 2.60. The van der Waals surface area contributed by atoms with E-state index in [0.717, 1.165) is 4.31 Å². The standard InChI is InChI=1S/C17H16ClF2N5O3S/c1-17(8-29(27,28)25(2)16(21)24-17)11-6-10(3-4-12(11)18)23-15(26)14-13(20)5-9(19)7-22-14/h3-7H,8H2,1-2H3,(H2,21,24)(H,23,26)/t17-/m0/s1. The molecule has 0 spiro atoms. The van der Waals surface area contributed by atoms with E-state index in [1.807, 2.05) is 0 Å². The summed E-state index contributed by atoms with van der Waals surface area (Å²) in [5, 5.41) is 13.3. The molecule has 3 N–H and O–H groups in total. The number of rotatable bonds is 3. The van der Waals surface area contributed by atoms with Crippen LogP contribution in [0.1, 0.15) is 23.0 Å². The minimum absolute atomic E-state index is 0.186. The van der Waals surface area contributed by atoms with Crippen molar-refractivity contribution in [2.24, 2.45) is 0 Å². The second-order valence-electron chi connectivity index (χ2n) is 6.66. The van der Waals surface area contributed by atoms with E-state index in [1.54, 1.807) is 6.92 Å². The van der Waals surface area contributed by atoms with E-state index in [0.29, 0.717) is 17.8 Å². The highest BCUT2D eigenvalue weighted by Gasteiger charge is 2.43. The molecule has 2 heterocycles. The molecule has 1 saturated heterocycles. The molecule has 1 amide bonds. The Labute approximate surface area is 170 Å². The Bertz CT molecular complexity index is 1130. The van der Waals surface area contributed by atoms with Crippen LogP contribution in [-0.2, 0) is 15.6 Å². The SMILES string of the molecule is CN1C(=N)N[C@](C)(c2cc(NC(=O)c3ncc(F)cc3F)ccc2Cl)CS1(=O)=O. The molecule has 1 aliphatic heterocycles. The maximum Gasteiger partial charge on any atom is 0.277 e. The summed E-state index contributed by atoms with van der Waals surface area (Å²) in [7, 11) is -2.51. The summed E-state index contributed by atoms with van der Waals surface area (Å²) in [6.07, 6.45) is 0.714. The molecule has 1 aliphatic rings. The Kier molecular flexibility index (Phi) is 5.22. The van der Waals surface area contributed by atoms with Gasteiger partial charge in [0, 0.05) is 23.8 Å². The zero-order chi connectivity index (χ0) is 21.6. The first-order chi connectivity index (χ1) is 13.4. The van der Waals surface area contributed by atoms with Gasteiger partial charge in [-0.15, -0.1) is 0 Å². The van der Waals surface area contributed by atoms with Crippen LogP contribution in [0.2, 0.25) is 5.02 Å². The van der Waals surface area contributed by atoms with E-state index in [2.05, 4.69) is 15.6 Å². The number of nitrogens with zero attached hydrogens (tertiary/aromatic N) is 2. The number of hydrogen-bond acceptors (Lipinski definition) is 5. The molecule has 154 valence electrons. The van der Waals surface area contributed by atoms with Crippen LogP contribution in [0.4, 0.5) is 14.5 Å². The number of hydrogen-bond donors (Lipinski definition) is 3.